The second kappa shape index (κ2) is 5.33. The molecule has 0 amide bonds. The third kappa shape index (κ3) is 2.36. The number of nitrogens with one attached hydrogen (secondary N) is 2. The van der Waals surface area contributed by atoms with Gasteiger partial charge in [0.1, 0.15) is 11.6 Å². The second-order valence-electron chi connectivity index (χ2n) is 4.37. The fourth-order valence-electron chi connectivity index (χ4n) is 2.17. The zero-order valence-corrected chi connectivity index (χ0v) is 11.3. The van der Waals surface area contributed by atoms with Crippen molar-refractivity contribution in [3.05, 3.63) is 36.3 Å². The Balaban J connectivity index is 2.15. The van der Waals surface area contributed by atoms with Gasteiger partial charge in [-0.25, -0.2) is 10.2 Å². The minimum atomic E-state index is -0.282. The molecule has 3 aromatic rings. The third-order valence-electron chi connectivity index (χ3n) is 3.13. The number of hydrogen-bond acceptors (Lipinski definition) is 6. The zero-order chi connectivity index (χ0) is 14.8. The van der Waals surface area contributed by atoms with Gasteiger partial charge in [0.05, 0.1) is 11.6 Å². The van der Waals surface area contributed by atoms with E-state index in [1.54, 1.807) is 18.3 Å². The largest absolute Gasteiger partial charge is 0.326 e. The normalized spacial score (nSPS) is 10.8. The van der Waals surface area contributed by atoms with Gasteiger partial charge in [0, 0.05) is 12.2 Å². The highest BCUT2D eigenvalue weighted by Gasteiger charge is 2.16. The average molecular weight is 287 g/mol. The number of hydrogen-bond donors (Lipinski definition) is 3. The van der Waals surface area contributed by atoms with Crippen LogP contribution in [0.1, 0.15) is 6.92 Å². The summed E-state index contributed by atoms with van der Waals surface area (Å²) in [6, 6.07) is 6.21. The Hall–Kier alpha value is -2.74. The van der Waals surface area contributed by atoms with Gasteiger partial charge in [0.2, 0.25) is 5.95 Å². The van der Waals surface area contributed by atoms with E-state index in [-0.39, 0.29) is 11.8 Å². The standard InChI is InChI=1S/C13H14FN7/c1-2-21(9-5-3-8(14)4-6-9)12-10-7-16-20-11(10)17-13(18-12)19-15/h3-7H,2,15H2,1H3,(H2,16,17,18,19,20). The molecule has 2 heterocycles. The number of anilines is 3. The molecule has 0 aliphatic carbocycles. The maximum atomic E-state index is 13.1. The summed E-state index contributed by atoms with van der Waals surface area (Å²) in [5, 5.41) is 7.53. The van der Waals surface area contributed by atoms with Gasteiger partial charge < -0.3 is 4.90 Å². The van der Waals surface area contributed by atoms with Crippen LogP contribution in [0.5, 0.6) is 0 Å². The van der Waals surface area contributed by atoms with Gasteiger partial charge in [-0.1, -0.05) is 0 Å². The van der Waals surface area contributed by atoms with Crippen LogP contribution in [-0.2, 0) is 0 Å². The Morgan fingerprint density at radius 1 is 1.29 bits per heavy atom. The summed E-state index contributed by atoms with van der Waals surface area (Å²) in [6.45, 7) is 2.62. The summed E-state index contributed by atoms with van der Waals surface area (Å²) >= 11 is 0. The molecule has 0 saturated carbocycles. The van der Waals surface area contributed by atoms with E-state index in [9.17, 15) is 4.39 Å². The summed E-state index contributed by atoms with van der Waals surface area (Å²) in [6.07, 6.45) is 1.65. The van der Waals surface area contributed by atoms with Crippen molar-refractivity contribution in [2.45, 2.75) is 6.92 Å². The van der Waals surface area contributed by atoms with E-state index in [4.69, 9.17) is 5.84 Å². The molecule has 3 rings (SSSR count). The lowest BCUT2D eigenvalue weighted by Crippen LogP contribution is -2.19. The van der Waals surface area contributed by atoms with E-state index in [2.05, 4.69) is 25.6 Å². The number of rotatable bonds is 4. The highest BCUT2D eigenvalue weighted by molar-refractivity contribution is 5.89. The smallest absolute Gasteiger partial charge is 0.241 e. The predicted octanol–water partition coefficient (Wildman–Crippen LogP) is 1.94. The van der Waals surface area contributed by atoms with E-state index in [1.165, 1.54) is 12.1 Å². The van der Waals surface area contributed by atoms with Gasteiger partial charge in [-0.05, 0) is 31.2 Å². The number of halogens is 1. The van der Waals surface area contributed by atoms with Gasteiger partial charge in [-0.3, -0.25) is 10.5 Å². The molecule has 0 atom stereocenters. The van der Waals surface area contributed by atoms with Gasteiger partial charge in [0.15, 0.2) is 5.65 Å². The Labute approximate surface area is 120 Å². The van der Waals surface area contributed by atoms with Crippen LogP contribution in [-0.4, -0.2) is 26.7 Å². The molecule has 0 aliphatic rings. The molecule has 8 heteroatoms. The molecular formula is C13H14FN7. The first-order valence-corrected chi connectivity index (χ1v) is 6.43. The van der Waals surface area contributed by atoms with Crippen molar-refractivity contribution in [2.75, 3.05) is 16.9 Å². The van der Waals surface area contributed by atoms with Crippen LogP contribution in [0, 0.1) is 5.82 Å². The molecule has 0 aliphatic heterocycles. The first-order valence-electron chi connectivity index (χ1n) is 6.43. The number of aromatic nitrogens is 4. The van der Waals surface area contributed by atoms with Crippen molar-refractivity contribution in [3.8, 4) is 0 Å². The van der Waals surface area contributed by atoms with Crippen LogP contribution in [0.25, 0.3) is 11.0 Å². The van der Waals surface area contributed by atoms with E-state index >= 15 is 0 Å². The Kier molecular flexibility index (Phi) is 3.36. The Morgan fingerprint density at radius 2 is 2.05 bits per heavy atom. The molecule has 1 aromatic carbocycles. The molecule has 2 aromatic heterocycles. The van der Waals surface area contributed by atoms with E-state index in [1.807, 2.05) is 11.8 Å². The Bertz CT molecular complexity index is 753. The monoisotopic (exact) mass is 287 g/mol. The van der Waals surface area contributed by atoms with Gasteiger partial charge in [-0.2, -0.15) is 15.1 Å². The maximum Gasteiger partial charge on any atom is 0.241 e. The number of nitrogens with two attached hydrogens (primary N) is 1. The van der Waals surface area contributed by atoms with Gasteiger partial charge in [0.25, 0.3) is 0 Å². The molecule has 0 spiro atoms. The van der Waals surface area contributed by atoms with Crippen LogP contribution in [0.4, 0.5) is 21.8 Å². The number of nitrogen functional groups attached to an aromatic ring is 1. The number of hydrazine groups is 1. The topological polar surface area (TPSA) is 95.8 Å². The molecule has 108 valence electrons. The molecular weight excluding hydrogens is 273 g/mol. The number of nitrogens with zero attached hydrogens (tertiary/aromatic N) is 4. The summed E-state index contributed by atoms with van der Waals surface area (Å²) in [5.74, 6) is 6.05. The highest BCUT2D eigenvalue weighted by atomic mass is 19.1. The molecule has 0 saturated heterocycles. The molecule has 0 unspecified atom stereocenters. The summed E-state index contributed by atoms with van der Waals surface area (Å²) in [5.41, 5.74) is 3.83. The van der Waals surface area contributed by atoms with Crippen molar-refractivity contribution >= 4 is 28.5 Å². The quantitative estimate of drug-likeness (QED) is 0.501. The van der Waals surface area contributed by atoms with Crippen LogP contribution in [0.15, 0.2) is 30.5 Å². The predicted molar refractivity (Wildman–Crippen MR) is 78.6 cm³/mol. The second-order valence-corrected chi connectivity index (χ2v) is 4.37. The molecule has 4 N–H and O–H groups in total. The number of fused-ring (bicyclic) bond motifs is 1. The summed E-state index contributed by atoms with van der Waals surface area (Å²) in [7, 11) is 0. The zero-order valence-electron chi connectivity index (χ0n) is 11.3. The van der Waals surface area contributed by atoms with Gasteiger partial charge in [-0.15, -0.1) is 0 Å². The lowest BCUT2D eigenvalue weighted by molar-refractivity contribution is 0.628. The van der Waals surface area contributed by atoms with Crippen molar-refractivity contribution < 1.29 is 4.39 Å². The average Bonchev–Trinajstić information content (AvgIpc) is 2.98. The molecule has 7 nitrogen and oxygen atoms in total. The number of benzene rings is 1. The van der Waals surface area contributed by atoms with Crippen molar-refractivity contribution in [3.63, 3.8) is 0 Å². The van der Waals surface area contributed by atoms with Crippen LogP contribution >= 0.6 is 0 Å². The SMILES string of the molecule is CCN(c1ccc(F)cc1)c1nc(NN)nc2[nH]ncc12. The lowest BCUT2D eigenvalue weighted by Gasteiger charge is -2.23. The minimum Gasteiger partial charge on any atom is -0.326 e. The van der Waals surface area contributed by atoms with Crippen LogP contribution in [0.2, 0.25) is 0 Å². The first-order chi connectivity index (χ1) is 10.2. The van der Waals surface area contributed by atoms with Crippen molar-refractivity contribution in [1.82, 2.24) is 20.2 Å². The maximum absolute atomic E-state index is 13.1. The van der Waals surface area contributed by atoms with Crippen LogP contribution < -0.4 is 16.2 Å². The van der Waals surface area contributed by atoms with Crippen LogP contribution in [0.3, 0.4) is 0 Å². The van der Waals surface area contributed by atoms with Crippen molar-refractivity contribution in [1.29, 1.82) is 0 Å². The fraction of sp³-hybridized carbons (Fsp3) is 0.154. The summed E-state index contributed by atoms with van der Waals surface area (Å²) in [4.78, 5) is 10.5. The fourth-order valence-corrected chi connectivity index (χ4v) is 2.17. The minimum absolute atomic E-state index is 0.280. The lowest BCUT2D eigenvalue weighted by atomic mass is 10.2. The molecule has 0 radical (unpaired) electrons. The first kappa shape index (κ1) is 13.3. The Morgan fingerprint density at radius 3 is 2.71 bits per heavy atom. The highest BCUT2D eigenvalue weighted by Crippen LogP contribution is 2.29. The van der Waals surface area contributed by atoms with Gasteiger partial charge >= 0.3 is 0 Å². The molecule has 0 bridgehead atoms. The molecule has 21 heavy (non-hydrogen) atoms. The van der Waals surface area contributed by atoms with E-state index in [0.29, 0.717) is 18.0 Å². The third-order valence-corrected chi connectivity index (χ3v) is 3.13. The summed E-state index contributed by atoms with van der Waals surface area (Å²) < 4.78 is 13.1. The van der Waals surface area contributed by atoms with Crippen molar-refractivity contribution in [2.24, 2.45) is 5.84 Å². The number of H-pyrrole nitrogens is 1. The molecule has 0 fully saturated rings. The van der Waals surface area contributed by atoms with E-state index in [0.717, 1.165) is 11.1 Å². The number of aromatic amines is 1. The van der Waals surface area contributed by atoms with E-state index < -0.39 is 0 Å².